The van der Waals surface area contributed by atoms with Crippen LogP contribution in [0.2, 0.25) is 0 Å². The fraction of sp³-hybridized carbons (Fsp3) is 0.111. The Hall–Kier alpha value is -1.45. The lowest BCUT2D eigenvalue weighted by Gasteiger charge is -2.02. The van der Waals surface area contributed by atoms with E-state index in [0.29, 0.717) is 5.56 Å². The van der Waals surface area contributed by atoms with Crippen LogP contribution in [0, 0.1) is 18.1 Å². The molecule has 0 atom stereocenters. The minimum Gasteiger partial charge on any atom is -0.366 e. The maximum Gasteiger partial charge on any atom is 0.251 e. The Kier molecular flexibility index (Phi) is 2.60. The van der Waals surface area contributed by atoms with Crippen molar-refractivity contribution in [3.63, 3.8) is 0 Å². The van der Waals surface area contributed by atoms with E-state index in [-0.39, 0.29) is 0 Å². The van der Waals surface area contributed by atoms with E-state index in [4.69, 9.17) is 5.73 Å². The van der Waals surface area contributed by atoms with Gasteiger partial charge >= 0.3 is 0 Å². The fourth-order valence-corrected chi connectivity index (χ4v) is 0.956. The van der Waals surface area contributed by atoms with Gasteiger partial charge < -0.3 is 5.73 Å². The summed E-state index contributed by atoms with van der Waals surface area (Å²) < 4.78 is 25.7. The number of primary amides is 1. The Bertz CT molecular complexity index is 350. The Labute approximate surface area is 74.4 Å². The first-order chi connectivity index (χ1) is 6.06. The van der Waals surface area contributed by atoms with Crippen LogP contribution in [0.1, 0.15) is 22.8 Å². The van der Waals surface area contributed by atoms with Crippen molar-refractivity contribution >= 4 is 5.91 Å². The van der Waals surface area contributed by atoms with Crippen molar-refractivity contribution in [3.8, 4) is 0 Å². The molecule has 0 saturated carbocycles. The standard InChI is InChI=1S/C9H8F2NO/c1-2-5-3-6(9(12)13)8(11)7(10)4-5/h2-4H,1H3,(H2,12,13). The molecule has 0 bridgehead atoms. The molecule has 0 aliphatic carbocycles. The van der Waals surface area contributed by atoms with E-state index in [9.17, 15) is 13.6 Å². The third-order valence-corrected chi connectivity index (χ3v) is 1.65. The van der Waals surface area contributed by atoms with Crippen molar-refractivity contribution in [2.45, 2.75) is 6.92 Å². The summed E-state index contributed by atoms with van der Waals surface area (Å²) in [6.07, 6.45) is 1.55. The molecule has 69 valence electrons. The molecule has 1 aromatic rings. The van der Waals surface area contributed by atoms with Crippen molar-refractivity contribution in [3.05, 3.63) is 41.3 Å². The molecule has 1 rings (SSSR count). The maximum absolute atomic E-state index is 12.9. The van der Waals surface area contributed by atoms with Gasteiger partial charge in [0.2, 0.25) is 0 Å². The van der Waals surface area contributed by atoms with E-state index in [1.165, 1.54) is 6.07 Å². The zero-order valence-electron chi connectivity index (χ0n) is 6.97. The first kappa shape index (κ1) is 9.64. The van der Waals surface area contributed by atoms with Crippen molar-refractivity contribution in [2.75, 3.05) is 0 Å². The number of benzene rings is 1. The number of amides is 1. The van der Waals surface area contributed by atoms with Crippen molar-refractivity contribution in [1.29, 1.82) is 0 Å². The second kappa shape index (κ2) is 3.51. The number of halogens is 2. The summed E-state index contributed by atoms with van der Waals surface area (Å²) in [5.41, 5.74) is 4.85. The Morgan fingerprint density at radius 2 is 2.08 bits per heavy atom. The van der Waals surface area contributed by atoms with E-state index in [2.05, 4.69) is 0 Å². The average molecular weight is 184 g/mol. The highest BCUT2D eigenvalue weighted by Gasteiger charge is 2.13. The Morgan fingerprint density at radius 3 is 2.54 bits per heavy atom. The van der Waals surface area contributed by atoms with Gasteiger partial charge in [-0.15, -0.1) is 0 Å². The fourth-order valence-electron chi connectivity index (χ4n) is 0.956. The largest absolute Gasteiger partial charge is 0.366 e. The van der Waals surface area contributed by atoms with Crippen LogP contribution in [-0.2, 0) is 0 Å². The first-order valence-electron chi connectivity index (χ1n) is 3.64. The summed E-state index contributed by atoms with van der Waals surface area (Å²) in [6, 6.07) is 2.21. The van der Waals surface area contributed by atoms with Crippen LogP contribution >= 0.6 is 0 Å². The SMILES string of the molecule is C[CH]c1cc(F)c(F)c(C(N)=O)c1. The molecular formula is C9H8F2NO. The predicted molar refractivity (Wildman–Crippen MR) is 44.0 cm³/mol. The quantitative estimate of drug-likeness (QED) is 0.745. The molecule has 2 nitrogen and oxygen atoms in total. The first-order valence-corrected chi connectivity index (χ1v) is 3.64. The molecule has 0 unspecified atom stereocenters. The van der Waals surface area contributed by atoms with Gasteiger partial charge in [-0.25, -0.2) is 8.78 Å². The Balaban J connectivity index is 3.33. The summed E-state index contributed by atoms with van der Waals surface area (Å²) in [4.78, 5) is 10.6. The van der Waals surface area contributed by atoms with Gasteiger partial charge in [-0.2, -0.15) is 0 Å². The van der Waals surface area contributed by atoms with Gasteiger partial charge in [0.25, 0.3) is 5.91 Å². The highest BCUT2D eigenvalue weighted by atomic mass is 19.2. The van der Waals surface area contributed by atoms with Gasteiger partial charge in [0, 0.05) is 0 Å². The van der Waals surface area contributed by atoms with Gasteiger partial charge in [0.05, 0.1) is 5.56 Å². The van der Waals surface area contributed by atoms with E-state index in [1.54, 1.807) is 13.3 Å². The molecule has 0 aliphatic rings. The van der Waals surface area contributed by atoms with Gasteiger partial charge in [-0.3, -0.25) is 4.79 Å². The van der Waals surface area contributed by atoms with Gasteiger partial charge in [-0.1, -0.05) is 6.92 Å². The molecule has 0 aliphatic heterocycles. The van der Waals surface area contributed by atoms with Gasteiger partial charge in [-0.05, 0) is 24.1 Å². The van der Waals surface area contributed by atoms with Crippen LogP contribution in [0.3, 0.4) is 0 Å². The molecule has 0 heterocycles. The molecule has 1 amide bonds. The van der Waals surface area contributed by atoms with Crippen LogP contribution in [0.4, 0.5) is 8.78 Å². The summed E-state index contributed by atoms with van der Waals surface area (Å²) >= 11 is 0. The number of nitrogens with two attached hydrogens (primary N) is 1. The smallest absolute Gasteiger partial charge is 0.251 e. The molecule has 1 aromatic carbocycles. The molecular weight excluding hydrogens is 176 g/mol. The van der Waals surface area contributed by atoms with E-state index in [0.717, 1.165) is 6.07 Å². The normalized spacial score (nSPS) is 10.1. The number of hydrogen-bond donors (Lipinski definition) is 1. The van der Waals surface area contributed by atoms with Crippen molar-refractivity contribution in [1.82, 2.24) is 0 Å². The number of rotatable bonds is 2. The minimum absolute atomic E-state index is 0.423. The monoisotopic (exact) mass is 184 g/mol. The molecule has 1 radical (unpaired) electrons. The molecule has 0 fully saturated rings. The lowest BCUT2D eigenvalue weighted by atomic mass is 10.1. The third kappa shape index (κ3) is 1.83. The van der Waals surface area contributed by atoms with Crippen LogP contribution in [0.25, 0.3) is 0 Å². The second-order valence-corrected chi connectivity index (χ2v) is 2.52. The van der Waals surface area contributed by atoms with Crippen LogP contribution in [-0.4, -0.2) is 5.91 Å². The summed E-state index contributed by atoms with van der Waals surface area (Å²) in [5.74, 6) is -3.23. The minimum atomic E-state index is -1.20. The van der Waals surface area contributed by atoms with Crippen molar-refractivity contribution in [2.24, 2.45) is 5.73 Å². The third-order valence-electron chi connectivity index (χ3n) is 1.65. The zero-order chi connectivity index (χ0) is 10.0. The highest BCUT2D eigenvalue weighted by Crippen LogP contribution is 2.15. The van der Waals surface area contributed by atoms with Crippen LogP contribution < -0.4 is 5.73 Å². The summed E-state index contributed by atoms with van der Waals surface area (Å²) in [5, 5.41) is 0. The maximum atomic E-state index is 12.9. The van der Waals surface area contributed by atoms with Gasteiger partial charge in [0.1, 0.15) is 0 Å². The van der Waals surface area contributed by atoms with E-state index < -0.39 is 23.1 Å². The van der Waals surface area contributed by atoms with E-state index in [1.807, 2.05) is 0 Å². The van der Waals surface area contributed by atoms with Crippen LogP contribution in [0.5, 0.6) is 0 Å². The topological polar surface area (TPSA) is 43.1 Å². The lowest BCUT2D eigenvalue weighted by molar-refractivity contribution is 0.0995. The van der Waals surface area contributed by atoms with Crippen LogP contribution in [0.15, 0.2) is 12.1 Å². The summed E-state index contributed by atoms with van der Waals surface area (Å²) in [7, 11) is 0. The highest BCUT2D eigenvalue weighted by molar-refractivity contribution is 5.93. The number of hydrogen-bond acceptors (Lipinski definition) is 1. The molecule has 13 heavy (non-hydrogen) atoms. The zero-order valence-corrected chi connectivity index (χ0v) is 6.97. The predicted octanol–water partition coefficient (Wildman–Crippen LogP) is 1.64. The Morgan fingerprint density at radius 1 is 1.46 bits per heavy atom. The molecule has 2 N–H and O–H groups in total. The lowest BCUT2D eigenvalue weighted by Crippen LogP contribution is -2.14. The molecule has 0 spiro atoms. The van der Waals surface area contributed by atoms with Gasteiger partial charge in [0.15, 0.2) is 11.6 Å². The number of carbonyl (C=O) groups is 1. The van der Waals surface area contributed by atoms with E-state index >= 15 is 0 Å². The molecule has 4 heteroatoms. The number of carbonyl (C=O) groups excluding carboxylic acids is 1. The molecule has 0 saturated heterocycles. The molecule has 0 aromatic heterocycles. The summed E-state index contributed by atoms with van der Waals surface area (Å²) in [6.45, 7) is 1.65. The second-order valence-electron chi connectivity index (χ2n) is 2.52. The average Bonchev–Trinajstić information content (AvgIpc) is 2.09. The van der Waals surface area contributed by atoms with Crippen molar-refractivity contribution < 1.29 is 13.6 Å².